The molecular weight excluding hydrogens is 230 g/mol. The minimum atomic E-state index is 0.0879. The summed E-state index contributed by atoms with van der Waals surface area (Å²) in [4.78, 5) is 16.0. The molecule has 1 aromatic rings. The van der Waals surface area contributed by atoms with Crippen LogP contribution in [0.3, 0.4) is 0 Å². The summed E-state index contributed by atoms with van der Waals surface area (Å²) in [6.07, 6.45) is 0.514. The van der Waals surface area contributed by atoms with Crippen LogP contribution in [0.4, 0.5) is 5.88 Å². The Bertz CT molecular complexity index is 416. The molecule has 0 radical (unpaired) electrons. The van der Waals surface area contributed by atoms with Crippen LogP contribution in [0.5, 0.6) is 0 Å². The van der Waals surface area contributed by atoms with E-state index in [9.17, 15) is 4.79 Å². The van der Waals surface area contributed by atoms with Crippen molar-refractivity contribution in [2.45, 2.75) is 19.4 Å². The van der Waals surface area contributed by atoms with Gasteiger partial charge in [0.15, 0.2) is 0 Å². The summed E-state index contributed by atoms with van der Waals surface area (Å²) in [5, 5.41) is 3.32. The van der Waals surface area contributed by atoms with E-state index < -0.39 is 0 Å². The zero-order chi connectivity index (χ0) is 13.1. The highest BCUT2D eigenvalue weighted by molar-refractivity contribution is 5.91. The third kappa shape index (κ3) is 2.91. The standard InChI is InChI=1S/C13H21N3O2/c1-10-4-5-13(18-10)16(3)12(17)8-11-9-14-6-7-15(11)2/h4-5,11,14H,6-9H2,1-3H3. The van der Waals surface area contributed by atoms with Gasteiger partial charge in [-0.15, -0.1) is 0 Å². The Hall–Kier alpha value is -1.33. The fraction of sp³-hybridized carbons (Fsp3) is 0.615. The zero-order valence-electron chi connectivity index (χ0n) is 11.3. The Balaban J connectivity index is 1.94. The number of furan rings is 1. The minimum absolute atomic E-state index is 0.0879. The predicted octanol–water partition coefficient (Wildman–Crippen LogP) is 0.845. The number of likely N-dealkylation sites (N-methyl/N-ethyl adjacent to an activating group) is 1. The summed E-state index contributed by atoms with van der Waals surface area (Å²) in [7, 11) is 3.83. The summed E-state index contributed by atoms with van der Waals surface area (Å²) in [5.41, 5.74) is 0. The molecule has 5 nitrogen and oxygen atoms in total. The van der Waals surface area contributed by atoms with E-state index in [1.807, 2.05) is 19.1 Å². The quantitative estimate of drug-likeness (QED) is 0.865. The van der Waals surface area contributed by atoms with Gasteiger partial charge in [0.25, 0.3) is 0 Å². The maximum atomic E-state index is 12.2. The molecule has 1 aromatic heterocycles. The average Bonchev–Trinajstić information content (AvgIpc) is 2.78. The molecule has 2 rings (SSSR count). The SMILES string of the molecule is Cc1ccc(N(C)C(=O)CC2CNCCN2C)o1. The van der Waals surface area contributed by atoms with Crippen LogP contribution in [-0.2, 0) is 4.79 Å². The molecule has 1 aliphatic heterocycles. The molecule has 1 N–H and O–H groups in total. The van der Waals surface area contributed by atoms with Crippen LogP contribution in [0.15, 0.2) is 16.5 Å². The molecule has 1 atom stereocenters. The molecule has 1 fully saturated rings. The predicted molar refractivity (Wildman–Crippen MR) is 70.8 cm³/mol. The molecule has 1 aliphatic rings. The maximum Gasteiger partial charge on any atom is 0.230 e. The van der Waals surface area contributed by atoms with Crippen LogP contribution in [0.25, 0.3) is 0 Å². The highest BCUT2D eigenvalue weighted by Gasteiger charge is 2.24. The Labute approximate surface area is 108 Å². The summed E-state index contributed by atoms with van der Waals surface area (Å²) in [5.74, 6) is 1.52. The number of rotatable bonds is 3. The van der Waals surface area contributed by atoms with Gasteiger partial charge in [-0.3, -0.25) is 9.69 Å². The van der Waals surface area contributed by atoms with Gasteiger partial charge in [-0.1, -0.05) is 0 Å². The van der Waals surface area contributed by atoms with Crippen LogP contribution in [0, 0.1) is 6.92 Å². The molecule has 5 heteroatoms. The molecule has 0 saturated carbocycles. The Kier molecular flexibility index (Phi) is 4.04. The van der Waals surface area contributed by atoms with Crippen LogP contribution in [0.2, 0.25) is 0 Å². The topological polar surface area (TPSA) is 48.7 Å². The number of hydrogen-bond acceptors (Lipinski definition) is 4. The van der Waals surface area contributed by atoms with E-state index in [0.29, 0.717) is 12.3 Å². The number of aryl methyl sites for hydroxylation is 1. The van der Waals surface area contributed by atoms with Gasteiger partial charge in [0, 0.05) is 45.2 Å². The van der Waals surface area contributed by atoms with Crippen molar-refractivity contribution in [3.05, 3.63) is 17.9 Å². The van der Waals surface area contributed by atoms with Crippen molar-refractivity contribution < 1.29 is 9.21 Å². The molecule has 18 heavy (non-hydrogen) atoms. The van der Waals surface area contributed by atoms with Gasteiger partial charge >= 0.3 is 0 Å². The number of carbonyl (C=O) groups is 1. The van der Waals surface area contributed by atoms with Crippen molar-refractivity contribution in [3.63, 3.8) is 0 Å². The lowest BCUT2D eigenvalue weighted by molar-refractivity contribution is -0.119. The summed E-state index contributed by atoms with van der Waals surface area (Å²) in [6.45, 7) is 4.73. The van der Waals surface area contributed by atoms with E-state index in [1.165, 1.54) is 0 Å². The molecule has 0 aliphatic carbocycles. The number of piperazine rings is 1. The molecule has 0 bridgehead atoms. The Morgan fingerprint density at radius 1 is 1.61 bits per heavy atom. The van der Waals surface area contributed by atoms with E-state index in [0.717, 1.165) is 25.4 Å². The first-order chi connectivity index (χ1) is 8.58. The molecule has 1 amide bonds. The van der Waals surface area contributed by atoms with Gasteiger partial charge < -0.3 is 14.6 Å². The maximum absolute atomic E-state index is 12.2. The fourth-order valence-corrected chi connectivity index (χ4v) is 2.15. The lowest BCUT2D eigenvalue weighted by Gasteiger charge is -2.33. The number of nitrogens with one attached hydrogen (secondary N) is 1. The smallest absolute Gasteiger partial charge is 0.230 e. The number of anilines is 1. The molecule has 0 spiro atoms. The van der Waals surface area contributed by atoms with E-state index in [2.05, 4.69) is 17.3 Å². The fourth-order valence-electron chi connectivity index (χ4n) is 2.15. The lowest BCUT2D eigenvalue weighted by Crippen LogP contribution is -2.51. The zero-order valence-corrected chi connectivity index (χ0v) is 11.3. The van der Waals surface area contributed by atoms with Crippen molar-refractivity contribution in [2.24, 2.45) is 0 Å². The summed E-state index contributed by atoms with van der Waals surface area (Å²) >= 11 is 0. The first-order valence-corrected chi connectivity index (χ1v) is 6.32. The highest BCUT2D eigenvalue weighted by Crippen LogP contribution is 2.18. The second-order valence-electron chi connectivity index (χ2n) is 4.88. The van der Waals surface area contributed by atoms with Crippen molar-refractivity contribution in [1.29, 1.82) is 0 Å². The lowest BCUT2D eigenvalue weighted by atomic mass is 10.1. The summed E-state index contributed by atoms with van der Waals surface area (Å²) in [6, 6.07) is 3.97. The van der Waals surface area contributed by atoms with E-state index in [-0.39, 0.29) is 11.9 Å². The van der Waals surface area contributed by atoms with Crippen molar-refractivity contribution in [1.82, 2.24) is 10.2 Å². The second kappa shape index (κ2) is 5.54. The van der Waals surface area contributed by atoms with Gasteiger partial charge in [0.05, 0.1) is 0 Å². The van der Waals surface area contributed by atoms with Gasteiger partial charge in [-0.2, -0.15) is 0 Å². The number of nitrogens with zero attached hydrogens (tertiary/aromatic N) is 2. The Morgan fingerprint density at radius 2 is 2.39 bits per heavy atom. The number of hydrogen-bond donors (Lipinski definition) is 1. The van der Waals surface area contributed by atoms with Crippen molar-refractivity contribution in [3.8, 4) is 0 Å². The Morgan fingerprint density at radius 3 is 3.00 bits per heavy atom. The number of carbonyl (C=O) groups excluding carboxylic acids is 1. The second-order valence-corrected chi connectivity index (χ2v) is 4.88. The van der Waals surface area contributed by atoms with Crippen LogP contribution >= 0.6 is 0 Å². The van der Waals surface area contributed by atoms with Gasteiger partial charge in [-0.05, 0) is 20.0 Å². The highest BCUT2D eigenvalue weighted by atomic mass is 16.4. The monoisotopic (exact) mass is 251 g/mol. The number of amides is 1. The molecule has 2 heterocycles. The van der Waals surface area contributed by atoms with E-state index in [4.69, 9.17) is 4.42 Å². The third-order valence-electron chi connectivity index (χ3n) is 3.49. The molecular formula is C13H21N3O2. The summed E-state index contributed by atoms with van der Waals surface area (Å²) < 4.78 is 5.46. The minimum Gasteiger partial charge on any atom is -0.445 e. The van der Waals surface area contributed by atoms with Gasteiger partial charge in [0.1, 0.15) is 5.76 Å². The average molecular weight is 251 g/mol. The molecule has 100 valence electrons. The van der Waals surface area contributed by atoms with Crippen LogP contribution in [-0.4, -0.2) is 50.6 Å². The van der Waals surface area contributed by atoms with Crippen molar-refractivity contribution >= 4 is 11.8 Å². The van der Waals surface area contributed by atoms with Crippen molar-refractivity contribution in [2.75, 3.05) is 38.6 Å². The van der Waals surface area contributed by atoms with E-state index >= 15 is 0 Å². The van der Waals surface area contributed by atoms with Gasteiger partial charge in [-0.25, -0.2) is 0 Å². The van der Waals surface area contributed by atoms with Crippen LogP contribution < -0.4 is 10.2 Å². The largest absolute Gasteiger partial charge is 0.445 e. The first-order valence-electron chi connectivity index (χ1n) is 6.32. The molecule has 0 aromatic carbocycles. The normalized spacial score (nSPS) is 20.9. The first kappa shape index (κ1) is 13.1. The van der Waals surface area contributed by atoms with E-state index in [1.54, 1.807) is 11.9 Å². The molecule has 1 saturated heterocycles. The van der Waals surface area contributed by atoms with Crippen LogP contribution in [0.1, 0.15) is 12.2 Å². The molecule has 1 unspecified atom stereocenters. The van der Waals surface area contributed by atoms with Gasteiger partial charge in [0.2, 0.25) is 11.8 Å². The third-order valence-corrected chi connectivity index (χ3v) is 3.49.